The summed E-state index contributed by atoms with van der Waals surface area (Å²) in [5, 5.41) is 10.3. The summed E-state index contributed by atoms with van der Waals surface area (Å²) in [7, 11) is 0. The molecule has 3 unspecified atom stereocenters. The van der Waals surface area contributed by atoms with E-state index in [4.69, 9.17) is 0 Å². The van der Waals surface area contributed by atoms with Crippen molar-refractivity contribution < 1.29 is 5.11 Å². The molecule has 1 fully saturated rings. The van der Waals surface area contributed by atoms with E-state index in [0.717, 1.165) is 24.8 Å². The van der Waals surface area contributed by atoms with Crippen LogP contribution in [-0.4, -0.2) is 11.2 Å². The van der Waals surface area contributed by atoms with Crippen LogP contribution in [0.4, 0.5) is 0 Å². The first kappa shape index (κ1) is 12.4. The highest BCUT2D eigenvalue weighted by atomic mass is 16.3. The highest BCUT2D eigenvalue weighted by Crippen LogP contribution is 2.42. The van der Waals surface area contributed by atoms with Gasteiger partial charge in [0.15, 0.2) is 0 Å². The van der Waals surface area contributed by atoms with E-state index in [-0.39, 0.29) is 17.4 Å². The van der Waals surface area contributed by atoms with Gasteiger partial charge in [-0.25, -0.2) is 0 Å². The van der Waals surface area contributed by atoms with Crippen LogP contribution in [0.1, 0.15) is 38.7 Å². The lowest BCUT2D eigenvalue weighted by Crippen LogP contribution is -2.38. The highest BCUT2D eigenvalue weighted by molar-refractivity contribution is 5.26. The van der Waals surface area contributed by atoms with E-state index in [2.05, 4.69) is 37.8 Å². The molecule has 92 valence electrons. The van der Waals surface area contributed by atoms with E-state index in [1.54, 1.807) is 0 Å². The third-order valence-corrected chi connectivity index (χ3v) is 4.23. The summed E-state index contributed by atoms with van der Waals surface area (Å²) in [4.78, 5) is 0. The first-order valence-corrected chi connectivity index (χ1v) is 6.42. The molecule has 1 aliphatic rings. The maximum Gasteiger partial charge on any atom is 0.0613 e. The van der Waals surface area contributed by atoms with Gasteiger partial charge in [0.2, 0.25) is 0 Å². The average Bonchev–Trinajstić information content (AvgIpc) is 2.29. The van der Waals surface area contributed by atoms with Crippen molar-refractivity contribution in [2.75, 3.05) is 0 Å². The van der Waals surface area contributed by atoms with Crippen LogP contribution in [0.3, 0.4) is 0 Å². The molecule has 0 saturated heterocycles. The number of rotatable bonds is 2. The van der Waals surface area contributed by atoms with Crippen molar-refractivity contribution in [3.63, 3.8) is 0 Å². The van der Waals surface area contributed by atoms with Crippen molar-refractivity contribution in [1.29, 1.82) is 0 Å². The van der Waals surface area contributed by atoms with Crippen LogP contribution < -0.4 is 0 Å². The average molecular weight is 230 g/mol. The molecule has 0 heterocycles. The summed E-state index contributed by atoms with van der Waals surface area (Å²) in [5.41, 5.74) is 2.58. The molecule has 0 amide bonds. The fraction of sp³-hybridized carbons (Fsp3) is 0.500. The molecule has 0 spiro atoms. The smallest absolute Gasteiger partial charge is 0.0613 e. The zero-order valence-corrected chi connectivity index (χ0v) is 10.8. The van der Waals surface area contributed by atoms with Gasteiger partial charge in [-0.05, 0) is 37.2 Å². The van der Waals surface area contributed by atoms with E-state index in [1.807, 2.05) is 13.0 Å². The number of aliphatic hydroxyl groups is 1. The molecule has 0 radical (unpaired) electrons. The normalized spacial score (nSPS) is 33.4. The fourth-order valence-corrected chi connectivity index (χ4v) is 3.05. The van der Waals surface area contributed by atoms with Crippen LogP contribution in [0.2, 0.25) is 0 Å². The standard InChI is InChI=1S/C16H22O/c1-12(2)14-9-10-16(3,11-15(14)17)13-7-5-4-6-8-13/h4-8,14-15,17H,1,9-11H2,2-3H3. The lowest BCUT2D eigenvalue weighted by Gasteiger charge is -2.41. The van der Waals surface area contributed by atoms with Gasteiger partial charge in [0.05, 0.1) is 6.10 Å². The number of hydrogen-bond donors (Lipinski definition) is 1. The Hall–Kier alpha value is -1.08. The van der Waals surface area contributed by atoms with E-state index >= 15 is 0 Å². The van der Waals surface area contributed by atoms with Crippen LogP contribution in [0.25, 0.3) is 0 Å². The number of hydrogen-bond acceptors (Lipinski definition) is 1. The zero-order valence-electron chi connectivity index (χ0n) is 10.8. The van der Waals surface area contributed by atoms with Gasteiger partial charge in [0.25, 0.3) is 0 Å². The Morgan fingerprint density at radius 1 is 1.35 bits per heavy atom. The quantitative estimate of drug-likeness (QED) is 0.768. The molecule has 17 heavy (non-hydrogen) atoms. The number of aliphatic hydroxyl groups excluding tert-OH is 1. The maximum atomic E-state index is 10.3. The predicted octanol–water partition coefficient (Wildman–Crippen LogP) is 3.68. The van der Waals surface area contributed by atoms with Crippen LogP contribution in [0.5, 0.6) is 0 Å². The summed E-state index contributed by atoms with van der Waals surface area (Å²) < 4.78 is 0. The van der Waals surface area contributed by atoms with Crippen LogP contribution in [-0.2, 0) is 5.41 Å². The molecule has 1 aromatic rings. The van der Waals surface area contributed by atoms with Gasteiger partial charge in [-0.15, -0.1) is 0 Å². The van der Waals surface area contributed by atoms with Crippen molar-refractivity contribution >= 4 is 0 Å². The second-order valence-corrected chi connectivity index (χ2v) is 5.69. The Balaban J connectivity index is 2.18. The van der Waals surface area contributed by atoms with E-state index < -0.39 is 0 Å². The lowest BCUT2D eigenvalue weighted by molar-refractivity contribution is 0.0521. The monoisotopic (exact) mass is 230 g/mol. The summed E-state index contributed by atoms with van der Waals surface area (Å²) >= 11 is 0. The Bertz CT molecular complexity index is 395. The van der Waals surface area contributed by atoms with E-state index in [9.17, 15) is 5.11 Å². The lowest BCUT2D eigenvalue weighted by atomic mass is 9.65. The molecule has 1 nitrogen and oxygen atoms in total. The van der Waals surface area contributed by atoms with Crippen molar-refractivity contribution in [1.82, 2.24) is 0 Å². The molecule has 0 aliphatic heterocycles. The molecule has 1 heteroatoms. The van der Waals surface area contributed by atoms with Crippen LogP contribution in [0, 0.1) is 5.92 Å². The SMILES string of the molecule is C=C(C)C1CCC(C)(c2ccccc2)CC1O. The second kappa shape index (κ2) is 4.66. The highest BCUT2D eigenvalue weighted by Gasteiger charge is 2.38. The molecule has 0 bridgehead atoms. The molecule has 1 saturated carbocycles. The molecule has 2 rings (SSSR count). The minimum atomic E-state index is -0.244. The minimum Gasteiger partial charge on any atom is -0.392 e. The second-order valence-electron chi connectivity index (χ2n) is 5.69. The Morgan fingerprint density at radius 2 is 2.00 bits per heavy atom. The first-order chi connectivity index (χ1) is 8.03. The van der Waals surface area contributed by atoms with Crippen LogP contribution in [0.15, 0.2) is 42.5 Å². The molecule has 1 aromatic carbocycles. The summed E-state index contributed by atoms with van der Waals surface area (Å²) in [6, 6.07) is 10.6. The Kier molecular flexibility index (Phi) is 3.39. The largest absolute Gasteiger partial charge is 0.392 e. The third kappa shape index (κ3) is 2.44. The van der Waals surface area contributed by atoms with Gasteiger partial charge in [0.1, 0.15) is 0 Å². The predicted molar refractivity (Wildman–Crippen MR) is 72.0 cm³/mol. The van der Waals surface area contributed by atoms with Gasteiger partial charge in [-0.2, -0.15) is 0 Å². The van der Waals surface area contributed by atoms with Crippen LogP contribution >= 0.6 is 0 Å². The first-order valence-electron chi connectivity index (χ1n) is 6.42. The van der Waals surface area contributed by atoms with E-state index in [1.165, 1.54) is 5.56 Å². The van der Waals surface area contributed by atoms with Crippen molar-refractivity contribution in [2.24, 2.45) is 5.92 Å². The fourth-order valence-electron chi connectivity index (χ4n) is 3.05. The Morgan fingerprint density at radius 3 is 2.53 bits per heavy atom. The summed E-state index contributed by atoms with van der Waals surface area (Å²) in [6.45, 7) is 8.28. The molecular formula is C16H22O. The number of benzene rings is 1. The van der Waals surface area contributed by atoms with Gasteiger partial charge >= 0.3 is 0 Å². The zero-order chi connectivity index (χ0) is 12.5. The molecule has 1 N–H and O–H groups in total. The van der Waals surface area contributed by atoms with Gasteiger partial charge in [-0.3, -0.25) is 0 Å². The van der Waals surface area contributed by atoms with E-state index in [0.29, 0.717) is 0 Å². The molecular weight excluding hydrogens is 208 g/mol. The summed E-state index contributed by atoms with van der Waals surface area (Å²) in [6.07, 6.45) is 2.77. The Labute approximate surface area is 104 Å². The van der Waals surface area contributed by atoms with Gasteiger partial charge in [0, 0.05) is 5.92 Å². The van der Waals surface area contributed by atoms with Crippen molar-refractivity contribution in [3.05, 3.63) is 48.0 Å². The van der Waals surface area contributed by atoms with Crippen molar-refractivity contribution in [2.45, 2.75) is 44.6 Å². The van der Waals surface area contributed by atoms with Gasteiger partial charge < -0.3 is 5.11 Å². The maximum absolute atomic E-state index is 10.3. The molecule has 3 atom stereocenters. The third-order valence-electron chi connectivity index (χ3n) is 4.23. The van der Waals surface area contributed by atoms with Crippen molar-refractivity contribution in [3.8, 4) is 0 Å². The molecule has 1 aliphatic carbocycles. The summed E-state index contributed by atoms with van der Waals surface area (Å²) in [5.74, 6) is 0.284. The topological polar surface area (TPSA) is 20.2 Å². The minimum absolute atomic E-state index is 0.118. The van der Waals surface area contributed by atoms with Gasteiger partial charge in [-0.1, -0.05) is 49.4 Å². The molecule has 0 aromatic heterocycles.